The third-order valence-electron chi connectivity index (χ3n) is 5.37. The fraction of sp³-hybridized carbons (Fsp3) is 0.273. The molecular weight excluding hydrogens is 503 g/mol. The molecule has 12 heteroatoms. The van der Waals surface area contributed by atoms with Crippen LogP contribution in [0.5, 0.6) is 5.75 Å². The maximum absolute atomic E-state index is 13.3. The highest BCUT2D eigenvalue weighted by Crippen LogP contribution is 2.24. The molecule has 1 N–H and O–H groups in total. The smallest absolute Gasteiger partial charge is 0.263 e. The maximum atomic E-state index is 13.3. The molecule has 0 aliphatic carbocycles. The lowest BCUT2D eigenvalue weighted by molar-refractivity contribution is -0.135. The fourth-order valence-electron chi connectivity index (χ4n) is 3.64. The molecule has 2 heterocycles. The Morgan fingerprint density at radius 2 is 2.06 bits per heavy atom. The van der Waals surface area contributed by atoms with Gasteiger partial charge in [-0.25, -0.2) is 17.8 Å². The summed E-state index contributed by atoms with van der Waals surface area (Å²) in [6, 6.07) is 10.5. The number of nitrogens with zero attached hydrogens (tertiary/aromatic N) is 3. The lowest BCUT2D eigenvalue weighted by Gasteiger charge is -2.41. The zero-order valence-corrected chi connectivity index (χ0v) is 20.5. The number of carbonyl (C=O) groups excluding carboxylic acids is 1. The number of aromatic nitrogens is 1. The molecule has 2 aromatic carbocycles. The first-order valence-electron chi connectivity index (χ1n) is 10.4. The molecule has 8 nitrogen and oxygen atoms in total. The summed E-state index contributed by atoms with van der Waals surface area (Å²) in [7, 11) is -3.71. The number of nitrogens with one attached hydrogen (secondary N) is 1. The third-order valence-corrected chi connectivity index (χ3v) is 7.83. The van der Waals surface area contributed by atoms with Crippen molar-refractivity contribution in [2.45, 2.75) is 17.9 Å². The second-order valence-electron chi connectivity index (χ2n) is 7.68. The zero-order chi connectivity index (χ0) is 24.3. The molecule has 34 heavy (non-hydrogen) atoms. The van der Waals surface area contributed by atoms with Crippen LogP contribution in [0, 0.1) is 5.82 Å². The Balaban J connectivity index is 0.00000342. The first-order valence-corrected chi connectivity index (χ1v) is 13.1. The number of rotatable bonds is 7. The fourth-order valence-corrected chi connectivity index (χ4v) is 5.60. The topological polar surface area (TPSA) is 91.8 Å². The van der Waals surface area contributed by atoms with Crippen LogP contribution >= 0.6 is 22.9 Å². The number of thiazole rings is 1. The van der Waals surface area contributed by atoms with Gasteiger partial charge in [0.05, 0.1) is 9.92 Å². The Morgan fingerprint density at radius 3 is 2.71 bits per heavy atom. The molecule has 0 bridgehead atoms. The number of carbonyl (C=O) groups is 1. The predicted molar refractivity (Wildman–Crippen MR) is 132 cm³/mol. The zero-order valence-electron chi connectivity index (χ0n) is 18.1. The molecule has 0 saturated carbocycles. The lowest BCUT2D eigenvalue weighted by atomic mass is 10.1. The van der Waals surface area contributed by atoms with Gasteiger partial charge >= 0.3 is 0 Å². The van der Waals surface area contributed by atoms with Gasteiger partial charge in [0.1, 0.15) is 11.6 Å². The van der Waals surface area contributed by atoms with E-state index in [0.29, 0.717) is 30.5 Å². The largest absolute Gasteiger partial charge is 0.484 e. The molecule has 0 radical (unpaired) electrons. The highest BCUT2D eigenvalue weighted by molar-refractivity contribution is 7.93. The summed E-state index contributed by atoms with van der Waals surface area (Å²) in [6.45, 7) is 3.42. The average Bonchev–Trinajstić information content (AvgIpc) is 3.32. The van der Waals surface area contributed by atoms with E-state index in [2.05, 4.69) is 14.6 Å². The summed E-state index contributed by atoms with van der Waals surface area (Å²) in [6.07, 6.45) is 1.53. The first-order chi connectivity index (χ1) is 16.2. The van der Waals surface area contributed by atoms with Crippen LogP contribution in [0.4, 0.5) is 15.2 Å². The predicted octanol–water partition coefficient (Wildman–Crippen LogP) is 4.10. The number of piperazine rings is 1. The van der Waals surface area contributed by atoms with Gasteiger partial charge in [0.2, 0.25) is 0 Å². The van der Waals surface area contributed by atoms with Gasteiger partial charge in [0.25, 0.3) is 15.9 Å². The van der Waals surface area contributed by atoms with Gasteiger partial charge in [-0.15, -0.1) is 11.3 Å². The van der Waals surface area contributed by atoms with Gasteiger partial charge < -0.3 is 14.5 Å². The number of sulfonamides is 1. The van der Waals surface area contributed by atoms with Crippen molar-refractivity contribution in [2.24, 2.45) is 0 Å². The second kappa shape index (κ2) is 10.2. The molecular formula is C22H24ClFN4O4S2. The highest BCUT2D eigenvalue weighted by atomic mass is 35.5. The van der Waals surface area contributed by atoms with Crippen LogP contribution in [0.3, 0.4) is 0 Å². The van der Waals surface area contributed by atoms with Gasteiger partial charge in [-0.3, -0.25) is 9.52 Å². The van der Waals surface area contributed by atoms with E-state index in [-0.39, 0.29) is 29.9 Å². The normalized spacial score (nSPS) is 16.4. The van der Waals surface area contributed by atoms with E-state index in [1.54, 1.807) is 34.5 Å². The van der Waals surface area contributed by atoms with Crippen molar-refractivity contribution in [3.05, 3.63) is 64.9 Å². The van der Waals surface area contributed by atoms with Crippen LogP contribution in [0.2, 0.25) is 5.02 Å². The first kappa shape index (κ1) is 24.2. The molecule has 1 atom stereocenters. The quantitative estimate of drug-likeness (QED) is 0.498. The monoisotopic (exact) mass is 526 g/mol. The van der Waals surface area contributed by atoms with E-state index in [1.165, 1.54) is 35.7 Å². The Morgan fingerprint density at radius 1 is 1.29 bits per heavy atom. The minimum atomic E-state index is -3.71. The molecule has 1 aliphatic heterocycles. The number of anilines is 2. The molecule has 4 rings (SSSR count). The summed E-state index contributed by atoms with van der Waals surface area (Å²) in [5, 5.41) is 1.94. The Hall–Kier alpha value is -2.89. The molecule has 1 amide bonds. The number of halogens is 2. The van der Waals surface area contributed by atoms with Crippen LogP contribution in [-0.4, -0.2) is 56.5 Å². The van der Waals surface area contributed by atoms with Crippen molar-refractivity contribution in [1.82, 2.24) is 9.88 Å². The molecule has 1 aliphatic rings. The molecule has 3 aromatic rings. The van der Waals surface area contributed by atoms with E-state index in [9.17, 15) is 17.6 Å². The van der Waals surface area contributed by atoms with E-state index in [1.807, 2.05) is 6.92 Å². The van der Waals surface area contributed by atoms with Gasteiger partial charge in [0.15, 0.2) is 11.7 Å². The molecule has 182 valence electrons. The SMILES string of the molecule is C[C@H]1CN(c2ccc(S(=O)(=O)Nc3nccs3)cc2)CCN1C(=O)COc1ccc(F)c(Cl)c1.[HH]. The molecule has 0 spiro atoms. The Labute approximate surface area is 207 Å². The summed E-state index contributed by atoms with van der Waals surface area (Å²) in [5.41, 5.74) is 0.865. The van der Waals surface area contributed by atoms with Gasteiger partial charge in [0, 0.05) is 50.4 Å². The van der Waals surface area contributed by atoms with Crippen LogP contribution in [0.25, 0.3) is 0 Å². The summed E-state index contributed by atoms with van der Waals surface area (Å²) < 4.78 is 46.2. The minimum Gasteiger partial charge on any atom is -0.484 e. The van der Waals surface area contributed by atoms with Gasteiger partial charge in [-0.05, 0) is 43.3 Å². The van der Waals surface area contributed by atoms with E-state index in [0.717, 1.165) is 5.69 Å². The van der Waals surface area contributed by atoms with Crippen LogP contribution in [0.15, 0.2) is 58.9 Å². The summed E-state index contributed by atoms with van der Waals surface area (Å²) in [5.74, 6) is -0.403. The lowest BCUT2D eigenvalue weighted by Crippen LogP contribution is -2.55. The average molecular weight is 527 g/mol. The maximum Gasteiger partial charge on any atom is 0.263 e. The highest BCUT2D eigenvalue weighted by Gasteiger charge is 2.28. The third kappa shape index (κ3) is 5.60. The van der Waals surface area contributed by atoms with Gasteiger partial charge in [-0.1, -0.05) is 11.6 Å². The second-order valence-corrected chi connectivity index (χ2v) is 10.7. The van der Waals surface area contributed by atoms with Crippen molar-refractivity contribution >= 4 is 49.7 Å². The Kier molecular flexibility index (Phi) is 7.24. The van der Waals surface area contributed by atoms with Crippen molar-refractivity contribution in [3.8, 4) is 5.75 Å². The van der Waals surface area contributed by atoms with E-state index in [4.69, 9.17) is 16.3 Å². The summed E-state index contributed by atoms with van der Waals surface area (Å²) >= 11 is 6.95. The Bertz CT molecular complexity index is 1260. The van der Waals surface area contributed by atoms with Crippen molar-refractivity contribution in [3.63, 3.8) is 0 Å². The number of hydrogen-bond donors (Lipinski definition) is 1. The molecule has 1 fully saturated rings. The molecule has 0 unspecified atom stereocenters. The standard InChI is InChI=1S/C22H22ClFN4O4S2.H2/c1-15-13-27(9-10-28(15)21(29)14-32-17-4-7-20(24)19(23)12-17)16-2-5-18(6-3-16)34(30,31)26-22-25-8-11-33-22;/h2-8,11-12,15H,9-10,13-14H2,1H3,(H,25,26);1H/t15-;/m0./s1. The summed E-state index contributed by atoms with van der Waals surface area (Å²) in [4.78, 5) is 20.6. The van der Waals surface area contributed by atoms with Crippen molar-refractivity contribution < 1.29 is 23.8 Å². The number of benzene rings is 2. The van der Waals surface area contributed by atoms with Crippen molar-refractivity contribution in [2.75, 3.05) is 35.9 Å². The van der Waals surface area contributed by atoms with Crippen LogP contribution in [-0.2, 0) is 14.8 Å². The molecule has 1 aromatic heterocycles. The number of hydrogen-bond acceptors (Lipinski definition) is 7. The van der Waals surface area contributed by atoms with E-state index < -0.39 is 15.8 Å². The van der Waals surface area contributed by atoms with Gasteiger partial charge in [-0.2, -0.15) is 0 Å². The van der Waals surface area contributed by atoms with Crippen molar-refractivity contribution in [1.29, 1.82) is 0 Å². The minimum absolute atomic E-state index is 0. The number of ether oxygens (including phenoxy) is 1. The van der Waals surface area contributed by atoms with E-state index >= 15 is 0 Å². The van der Waals surface area contributed by atoms with Crippen LogP contribution in [0.1, 0.15) is 8.35 Å². The van der Waals surface area contributed by atoms with Crippen LogP contribution < -0.4 is 14.4 Å². The number of amides is 1. The molecule has 1 saturated heterocycles.